The fraction of sp³-hybridized carbons (Fsp3) is 0.938. The van der Waals surface area contributed by atoms with E-state index in [2.05, 4.69) is 0 Å². The number of sulfone groups is 1. The van der Waals surface area contributed by atoms with Crippen molar-refractivity contribution in [3.8, 4) is 0 Å². The van der Waals surface area contributed by atoms with Gasteiger partial charge in [-0.25, -0.2) is 8.42 Å². The molecule has 2 rings (SSSR count). The van der Waals surface area contributed by atoms with E-state index in [9.17, 15) is 13.2 Å². The first-order valence-corrected chi connectivity index (χ1v) is 10.3. The van der Waals surface area contributed by atoms with Crippen LogP contribution in [0.4, 0.5) is 0 Å². The zero-order valence-corrected chi connectivity index (χ0v) is 14.0. The minimum Gasteiger partial charge on any atom is -0.339 e. The van der Waals surface area contributed by atoms with E-state index in [1.54, 1.807) is 0 Å². The normalized spacial score (nSPS) is 25.9. The van der Waals surface area contributed by atoms with Crippen molar-refractivity contribution in [3.63, 3.8) is 0 Å². The lowest BCUT2D eigenvalue weighted by molar-refractivity contribution is -0.133. The number of amides is 1. The first-order valence-electron chi connectivity index (χ1n) is 8.51. The molecule has 21 heavy (non-hydrogen) atoms. The van der Waals surface area contributed by atoms with E-state index in [0.29, 0.717) is 25.3 Å². The van der Waals surface area contributed by atoms with E-state index in [1.165, 1.54) is 32.1 Å². The highest BCUT2D eigenvalue weighted by molar-refractivity contribution is 7.91. The molecule has 4 nitrogen and oxygen atoms in total. The lowest BCUT2D eigenvalue weighted by atomic mass is 9.86. The van der Waals surface area contributed by atoms with E-state index < -0.39 is 9.84 Å². The second kappa shape index (κ2) is 7.61. The molecule has 2 aliphatic rings. The van der Waals surface area contributed by atoms with Crippen LogP contribution >= 0.6 is 0 Å². The van der Waals surface area contributed by atoms with Gasteiger partial charge in [-0.2, -0.15) is 0 Å². The lowest BCUT2D eigenvalue weighted by Crippen LogP contribution is -2.41. The summed E-state index contributed by atoms with van der Waals surface area (Å²) in [7, 11) is -2.92. The molecule has 1 aliphatic heterocycles. The predicted molar refractivity (Wildman–Crippen MR) is 84.9 cm³/mol. The highest BCUT2D eigenvalue weighted by Crippen LogP contribution is 2.28. The van der Waals surface area contributed by atoms with Gasteiger partial charge in [-0.1, -0.05) is 39.0 Å². The molecule has 1 heterocycles. The lowest BCUT2D eigenvalue weighted by Gasteiger charge is -2.29. The van der Waals surface area contributed by atoms with Gasteiger partial charge in [0.1, 0.15) is 0 Å². The predicted octanol–water partition coefficient (Wildman–Crippen LogP) is 2.77. The van der Waals surface area contributed by atoms with Gasteiger partial charge in [-0.15, -0.1) is 0 Å². The molecule has 1 atom stereocenters. The van der Waals surface area contributed by atoms with Crippen molar-refractivity contribution < 1.29 is 13.2 Å². The number of hydrogen-bond donors (Lipinski definition) is 0. The molecule has 1 saturated carbocycles. The molecule has 0 aromatic carbocycles. The largest absolute Gasteiger partial charge is 0.339 e. The molecule has 0 radical (unpaired) electrons. The average molecular weight is 315 g/mol. The maximum absolute atomic E-state index is 12.5. The average Bonchev–Trinajstić information content (AvgIpc) is 2.83. The third kappa shape index (κ3) is 4.97. The van der Waals surface area contributed by atoms with Crippen LogP contribution in [-0.2, 0) is 14.6 Å². The molecule has 0 spiro atoms. The first-order chi connectivity index (χ1) is 10.0. The highest BCUT2D eigenvalue weighted by Gasteiger charge is 2.34. The first kappa shape index (κ1) is 16.8. The van der Waals surface area contributed by atoms with Gasteiger partial charge in [-0.3, -0.25) is 4.79 Å². The van der Waals surface area contributed by atoms with Crippen LogP contribution < -0.4 is 0 Å². The molecular weight excluding hydrogens is 286 g/mol. The van der Waals surface area contributed by atoms with Gasteiger partial charge in [-0.05, 0) is 25.2 Å². The van der Waals surface area contributed by atoms with Crippen LogP contribution in [0.1, 0.15) is 64.7 Å². The zero-order chi connectivity index (χ0) is 15.3. The summed E-state index contributed by atoms with van der Waals surface area (Å²) in [6.45, 7) is 2.74. The van der Waals surface area contributed by atoms with Gasteiger partial charge < -0.3 is 4.90 Å². The molecule has 0 aromatic heterocycles. The summed E-state index contributed by atoms with van der Waals surface area (Å²) in [5, 5.41) is 0. The van der Waals surface area contributed by atoms with Crippen molar-refractivity contribution in [2.24, 2.45) is 5.92 Å². The van der Waals surface area contributed by atoms with Gasteiger partial charge in [0.05, 0.1) is 11.5 Å². The standard InChI is InChI=1S/C16H29NO3S/c1-2-11-17(15-10-12-21(19,20)13-15)16(18)9-8-14-6-4-3-5-7-14/h14-15H,2-13H2,1H3. The van der Waals surface area contributed by atoms with Gasteiger partial charge in [0.25, 0.3) is 0 Å². The summed E-state index contributed by atoms with van der Waals surface area (Å²) in [4.78, 5) is 14.4. The Morgan fingerprint density at radius 2 is 1.86 bits per heavy atom. The smallest absolute Gasteiger partial charge is 0.222 e. The van der Waals surface area contributed by atoms with Crippen molar-refractivity contribution in [1.29, 1.82) is 0 Å². The Labute approximate surface area is 129 Å². The van der Waals surface area contributed by atoms with Crippen molar-refractivity contribution >= 4 is 15.7 Å². The van der Waals surface area contributed by atoms with Crippen molar-refractivity contribution in [3.05, 3.63) is 0 Å². The van der Waals surface area contributed by atoms with Crippen LogP contribution in [0.5, 0.6) is 0 Å². The Kier molecular flexibility index (Phi) is 6.08. The minimum atomic E-state index is -2.92. The van der Waals surface area contributed by atoms with Gasteiger partial charge in [0.2, 0.25) is 5.91 Å². The summed E-state index contributed by atoms with van der Waals surface area (Å²) < 4.78 is 23.3. The molecule has 0 bridgehead atoms. The zero-order valence-electron chi connectivity index (χ0n) is 13.2. The van der Waals surface area contributed by atoms with Crippen LogP contribution in [0.2, 0.25) is 0 Å². The Morgan fingerprint density at radius 1 is 1.14 bits per heavy atom. The topological polar surface area (TPSA) is 54.5 Å². The number of carbonyl (C=O) groups is 1. The van der Waals surface area contributed by atoms with Crippen LogP contribution in [0.15, 0.2) is 0 Å². The number of hydrogen-bond acceptors (Lipinski definition) is 3. The quantitative estimate of drug-likeness (QED) is 0.757. The Hall–Kier alpha value is -0.580. The molecule has 1 saturated heterocycles. The summed E-state index contributed by atoms with van der Waals surface area (Å²) in [6, 6.07) is -0.0752. The number of nitrogens with zero attached hydrogens (tertiary/aromatic N) is 1. The van der Waals surface area contributed by atoms with E-state index in [4.69, 9.17) is 0 Å². The fourth-order valence-corrected chi connectivity index (χ4v) is 5.45. The van der Waals surface area contributed by atoms with E-state index >= 15 is 0 Å². The number of carbonyl (C=O) groups excluding carboxylic acids is 1. The monoisotopic (exact) mass is 315 g/mol. The van der Waals surface area contributed by atoms with Crippen LogP contribution in [0.3, 0.4) is 0 Å². The van der Waals surface area contributed by atoms with Crippen LogP contribution in [0.25, 0.3) is 0 Å². The van der Waals surface area contributed by atoms with Gasteiger partial charge in [0.15, 0.2) is 9.84 Å². The molecule has 0 aromatic rings. The second-order valence-electron chi connectivity index (χ2n) is 6.69. The Morgan fingerprint density at radius 3 is 2.43 bits per heavy atom. The molecule has 122 valence electrons. The van der Waals surface area contributed by atoms with Crippen molar-refractivity contribution in [2.75, 3.05) is 18.1 Å². The molecule has 1 unspecified atom stereocenters. The molecule has 1 aliphatic carbocycles. The SMILES string of the molecule is CCCN(C(=O)CCC1CCCCC1)C1CCS(=O)(=O)C1. The summed E-state index contributed by atoms with van der Waals surface area (Å²) >= 11 is 0. The van der Waals surface area contributed by atoms with E-state index in [1.807, 2.05) is 11.8 Å². The van der Waals surface area contributed by atoms with Gasteiger partial charge in [0, 0.05) is 19.0 Å². The minimum absolute atomic E-state index is 0.0752. The van der Waals surface area contributed by atoms with Crippen molar-refractivity contribution in [1.82, 2.24) is 4.90 Å². The summed E-state index contributed by atoms with van der Waals surface area (Å²) in [5.41, 5.74) is 0. The third-order valence-corrected chi connectivity index (χ3v) is 6.68. The molecule has 1 amide bonds. The molecule has 2 fully saturated rings. The number of rotatable bonds is 6. The van der Waals surface area contributed by atoms with Gasteiger partial charge >= 0.3 is 0 Å². The summed E-state index contributed by atoms with van der Waals surface area (Å²) in [5.74, 6) is 1.29. The van der Waals surface area contributed by atoms with Crippen molar-refractivity contribution in [2.45, 2.75) is 70.8 Å². The van der Waals surface area contributed by atoms with E-state index in [0.717, 1.165) is 12.8 Å². The third-order valence-electron chi connectivity index (χ3n) is 4.93. The Bertz CT molecular complexity index is 440. The maximum Gasteiger partial charge on any atom is 0.222 e. The fourth-order valence-electron chi connectivity index (χ4n) is 3.72. The second-order valence-corrected chi connectivity index (χ2v) is 8.92. The summed E-state index contributed by atoms with van der Waals surface area (Å²) in [6.07, 6.45) is 9.57. The molecular formula is C16H29NO3S. The molecule has 5 heteroatoms. The highest BCUT2D eigenvalue weighted by atomic mass is 32.2. The molecule has 0 N–H and O–H groups in total. The van der Waals surface area contributed by atoms with E-state index in [-0.39, 0.29) is 23.5 Å². The van der Waals surface area contributed by atoms with Crippen LogP contribution in [-0.4, -0.2) is 43.3 Å². The van der Waals surface area contributed by atoms with Crippen LogP contribution in [0, 0.1) is 5.92 Å². The maximum atomic E-state index is 12.5. The Balaban J connectivity index is 1.86.